The van der Waals surface area contributed by atoms with Gasteiger partial charge in [0.05, 0.1) is 7.11 Å². The molecule has 0 saturated heterocycles. The summed E-state index contributed by atoms with van der Waals surface area (Å²) >= 11 is 5.93. The Balaban J connectivity index is 1.59. The Hall–Kier alpha value is -1.75. The molecule has 0 radical (unpaired) electrons. The first kappa shape index (κ1) is 19.0. The van der Waals surface area contributed by atoms with Crippen LogP contribution in [0.3, 0.4) is 0 Å². The molecule has 0 aliphatic heterocycles. The van der Waals surface area contributed by atoms with Crippen molar-refractivity contribution in [1.82, 2.24) is 5.32 Å². The molecule has 2 aliphatic carbocycles. The molecule has 3 unspecified atom stereocenters. The number of halogens is 1. The lowest BCUT2D eigenvalue weighted by Crippen LogP contribution is -2.48. The summed E-state index contributed by atoms with van der Waals surface area (Å²) in [6, 6.07) is 4.82. The van der Waals surface area contributed by atoms with Gasteiger partial charge < -0.3 is 14.8 Å². The summed E-state index contributed by atoms with van der Waals surface area (Å²) in [6.45, 7) is 6.53. The van der Waals surface area contributed by atoms with Gasteiger partial charge in [-0.05, 0) is 54.2 Å². The molecular formula is C20H26ClNO4. The monoisotopic (exact) mass is 379 g/mol. The summed E-state index contributed by atoms with van der Waals surface area (Å²) in [5.41, 5.74) is 0.518. The van der Waals surface area contributed by atoms with Crippen molar-refractivity contribution < 1.29 is 19.1 Å². The largest absolute Gasteiger partial charge is 0.496 e. The summed E-state index contributed by atoms with van der Waals surface area (Å²) in [5, 5.41) is 3.48. The van der Waals surface area contributed by atoms with Crippen LogP contribution in [0.2, 0.25) is 5.02 Å². The quantitative estimate of drug-likeness (QED) is 0.789. The Morgan fingerprint density at radius 1 is 1.31 bits per heavy atom. The predicted octanol–water partition coefficient (Wildman–Crippen LogP) is 3.84. The van der Waals surface area contributed by atoms with Crippen molar-refractivity contribution in [3.05, 3.63) is 28.8 Å². The molecule has 0 heterocycles. The van der Waals surface area contributed by atoms with Crippen molar-refractivity contribution in [2.75, 3.05) is 13.7 Å². The zero-order valence-corrected chi connectivity index (χ0v) is 16.5. The number of hydrogen-bond acceptors (Lipinski definition) is 4. The molecule has 3 rings (SSSR count). The van der Waals surface area contributed by atoms with Crippen molar-refractivity contribution >= 4 is 23.5 Å². The number of carbonyl (C=O) groups is 2. The Morgan fingerprint density at radius 3 is 2.62 bits per heavy atom. The molecule has 1 aromatic carbocycles. The summed E-state index contributed by atoms with van der Waals surface area (Å²) < 4.78 is 10.3. The number of nitrogens with one attached hydrogen (secondary N) is 1. The van der Waals surface area contributed by atoms with Gasteiger partial charge in [0.25, 0.3) is 5.91 Å². The fraction of sp³-hybridized carbons (Fsp3) is 0.600. The molecule has 1 N–H and O–H groups in total. The number of esters is 1. The normalized spacial score (nSPS) is 28.7. The Bertz CT molecular complexity index is 733. The second-order valence-electron chi connectivity index (χ2n) is 8.15. The van der Waals surface area contributed by atoms with E-state index in [2.05, 4.69) is 26.1 Å². The SMILES string of the molecule is COc1ccc(Cl)cc1C(=O)OCC(=O)NC1CC2CCC1(C)C2(C)C. The van der Waals surface area contributed by atoms with Gasteiger partial charge in [0.15, 0.2) is 6.61 Å². The average Bonchev–Trinajstić information content (AvgIpc) is 2.93. The third-order valence-electron chi connectivity index (χ3n) is 6.85. The number of amides is 1. The molecule has 1 aromatic rings. The van der Waals surface area contributed by atoms with E-state index in [0.29, 0.717) is 16.7 Å². The van der Waals surface area contributed by atoms with Gasteiger partial charge in [-0.25, -0.2) is 4.79 Å². The van der Waals surface area contributed by atoms with E-state index >= 15 is 0 Å². The summed E-state index contributed by atoms with van der Waals surface area (Å²) in [4.78, 5) is 24.6. The van der Waals surface area contributed by atoms with Crippen LogP contribution in [0.15, 0.2) is 18.2 Å². The van der Waals surface area contributed by atoms with Crippen LogP contribution in [0.1, 0.15) is 50.4 Å². The minimum atomic E-state index is -0.626. The number of ether oxygens (including phenoxy) is 2. The molecule has 0 spiro atoms. The van der Waals surface area contributed by atoms with E-state index in [1.807, 2.05) is 0 Å². The maximum atomic E-state index is 12.3. The zero-order valence-electron chi connectivity index (χ0n) is 15.7. The van der Waals surface area contributed by atoms with Gasteiger partial charge in [-0.2, -0.15) is 0 Å². The van der Waals surface area contributed by atoms with E-state index in [1.54, 1.807) is 12.1 Å². The van der Waals surface area contributed by atoms with Gasteiger partial charge in [-0.1, -0.05) is 32.4 Å². The fourth-order valence-electron chi connectivity index (χ4n) is 4.71. The maximum Gasteiger partial charge on any atom is 0.342 e. The van der Waals surface area contributed by atoms with Gasteiger partial charge in [-0.3, -0.25) is 4.79 Å². The maximum absolute atomic E-state index is 12.3. The summed E-state index contributed by atoms with van der Waals surface area (Å²) in [7, 11) is 1.46. The van der Waals surface area contributed by atoms with Gasteiger partial charge in [-0.15, -0.1) is 0 Å². The zero-order chi connectivity index (χ0) is 19.1. The van der Waals surface area contributed by atoms with E-state index < -0.39 is 5.97 Å². The minimum absolute atomic E-state index is 0.0908. The third-order valence-corrected chi connectivity index (χ3v) is 7.08. The fourth-order valence-corrected chi connectivity index (χ4v) is 4.88. The topological polar surface area (TPSA) is 64.6 Å². The molecule has 2 saturated carbocycles. The number of hydrogen-bond donors (Lipinski definition) is 1. The molecule has 26 heavy (non-hydrogen) atoms. The van der Waals surface area contributed by atoms with Crippen molar-refractivity contribution in [2.24, 2.45) is 16.7 Å². The Kier molecular flexibility index (Phi) is 4.95. The van der Waals surface area contributed by atoms with Crippen LogP contribution in [0.5, 0.6) is 5.75 Å². The molecule has 6 heteroatoms. The van der Waals surface area contributed by atoms with Crippen molar-refractivity contribution in [3.63, 3.8) is 0 Å². The van der Waals surface area contributed by atoms with Crippen LogP contribution >= 0.6 is 11.6 Å². The van der Waals surface area contributed by atoms with Crippen LogP contribution in [0.25, 0.3) is 0 Å². The lowest BCUT2D eigenvalue weighted by Gasteiger charge is -2.39. The highest BCUT2D eigenvalue weighted by molar-refractivity contribution is 6.31. The number of benzene rings is 1. The van der Waals surface area contributed by atoms with Crippen LogP contribution in [-0.2, 0) is 9.53 Å². The van der Waals surface area contributed by atoms with Gasteiger partial charge >= 0.3 is 5.97 Å². The second kappa shape index (κ2) is 6.76. The summed E-state index contributed by atoms with van der Waals surface area (Å²) in [5.74, 6) is 0.103. The smallest absolute Gasteiger partial charge is 0.342 e. The van der Waals surface area contributed by atoms with Crippen molar-refractivity contribution in [1.29, 1.82) is 0 Å². The van der Waals surface area contributed by atoms with E-state index in [0.717, 1.165) is 12.8 Å². The first-order chi connectivity index (χ1) is 12.2. The molecule has 2 bridgehead atoms. The highest BCUT2D eigenvalue weighted by Crippen LogP contribution is 2.65. The highest BCUT2D eigenvalue weighted by Gasteiger charge is 2.61. The summed E-state index contributed by atoms with van der Waals surface area (Å²) in [6.07, 6.45) is 3.33. The molecule has 2 aliphatic rings. The Labute approximate surface area is 159 Å². The molecule has 5 nitrogen and oxygen atoms in total. The molecule has 3 atom stereocenters. The molecular weight excluding hydrogens is 354 g/mol. The molecule has 2 fully saturated rings. The van der Waals surface area contributed by atoms with Gasteiger partial charge in [0, 0.05) is 11.1 Å². The number of fused-ring (bicyclic) bond motifs is 2. The number of methoxy groups -OCH3 is 1. The van der Waals surface area contributed by atoms with E-state index in [1.165, 1.54) is 19.6 Å². The van der Waals surface area contributed by atoms with E-state index in [9.17, 15) is 9.59 Å². The van der Waals surface area contributed by atoms with Crippen LogP contribution in [0.4, 0.5) is 0 Å². The molecule has 0 aromatic heterocycles. The lowest BCUT2D eigenvalue weighted by atomic mass is 9.69. The lowest BCUT2D eigenvalue weighted by molar-refractivity contribution is -0.126. The van der Waals surface area contributed by atoms with Crippen LogP contribution in [0, 0.1) is 16.7 Å². The van der Waals surface area contributed by atoms with Crippen molar-refractivity contribution in [3.8, 4) is 5.75 Å². The standard InChI is InChI=1S/C20H26ClNO4/c1-19(2)12-7-8-20(19,3)16(9-12)22-17(23)11-26-18(24)14-10-13(21)5-6-15(14)25-4/h5-6,10,12,16H,7-9,11H2,1-4H3,(H,22,23). The average molecular weight is 380 g/mol. The van der Waals surface area contributed by atoms with Gasteiger partial charge in [0.2, 0.25) is 0 Å². The minimum Gasteiger partial charge on any atom is -0.496 e. The predicted molar refractivity (Wildman–Crippen MR) is 99.4 cm³/mol. The van der Waals surface area contributed by atoms with E-state index in [4.69, 9.17) is 21.1 Å². The van der Waals surface area contributed by atoms with E-state index in [-0.39, 0.29) is 34.9 Å². The molecule has 1 amide bonds. The first-order valence-corrected chi connectivity index (χ1v) is 9.37. The van der Waals surface area contributed by atoms with Crippen LogP contribution < -0.4 is 10.1 Å². The van der Waals surface area contributed by atoms with Gasteiger partial charge in [0.1, 0.15) is 11.3 Å². The first-order valence-electron chi connectivity index (χ1n) is 8.99. The van der Waals surface area contributed by atoms with Crippen molar-refractivity contribution in [2.45, 2.75) is 46.1 Å². The third kappa shape index (κ3) is 3.07. The molecule has 142 valence electrons. The Morgan fingerprint density at radius 2 is 2.04 bits per heavy atom. The second-order valence-corrected chi connectivity index (χ2v) is 8.59. The number of carbonyl (C=O) groups excluding carboxylic acids is 2. The number of rotatable bonds is 5. The van der Waals surface area contributed by atoms with Crippen LogP contribution in [-0.4, -0.2) is 31.6 Å². The highest BCUT2D eigenvalue weighted by atomic mass is 35.5.